The molecule has 0 unspecified atom stereocenters. The van der Waals surface area contributed by atoms with E-state index in [0.29, 0.717) is 16.8 Å². The highest BCUT2D eigenvalue weighted by Gasteiger charge is 2.08. The molecule has 4 rings (SSSR count). The Kier molecular flexibility index (Phi) is 3.92. The van der Waals surface area contributed by atoms with Crippen LogP contribution in [0, 0.1) is 0 Å². The second kappa shape index (κ2) is 6.37. The van der Waals surface area contributed by atoms with E-state index in [1.54, 1.807) is 6.20 Å². The van der Waals surface area contributed by atoms with Gasteiger partial charge >= 0.3 is 0 Å². The number of anilines is 5. The summed E-state index contributed by atoms with van der Waals surface area (Å²) in [5, 5.41) is 10.4. The molecule has 2 heterocycles. The van der Waals surface area contributed by atoms with Crippen molar-refractivity contribution in [3.63, 3.8) is 0 Å². The summed E-state index contributed by atoms with van der Waals surface area (Å²) in [6.45, 7) is 0.857. The molecule has 24 heavy (non-hydrogen) atoms. The lowest BCUT2D eigenvalue weighted by Gasteiger charge is -2.14. The summed E-state index contributed by atoms with van der Waals surface area (Å²) in [5.41, 5.74) is 4.17. The van der Waals surface area contributed by atoms with Crippen LogP contribution in [-0.4, -0.2) is 16.5 Å². The van der Waals surface area contributed by atoms with Crippen molar-refractivity contribution in [3.8, 4) is 0 Å². The zero-order chi connectivity index (χ0) is 16.4. The van der Waals surface area contributed by atoms with E-state index in [9.17, 15) is 0 Å². The molecule has 0 amide bonds. The van der Waals surface area contributed by atoms with Crippen molar-refractivity contribution in [2.24, 2.45) is 0 Å². The fourth-order valence-corrected chi connectivity index (χ4v) is 2.78. The largest absolute Gasteiger partial charge is 0.385 e. The van der Waals surface area contributed by atoms with Gasteiger partial charge in [-0.25, -0.2) is 4.98 Å². The molecule has 5 nitrogen and oxygen atoms in total. The quantitative estimate of drug-likeness (QED) is 0.560. The van der Waals surface area contributed by atoms with Gasteiger partial charge in [0.05, 0.1) is 6.20 Å². The van der Waals surface area contributed by atoms with Gasteiger partial charge in [0.2, 0.25) is 5.95 Å². The van der Waals surface area contributed by atoms with Gasteiger partial charge in [-0.05, 0) is 42.3 Å². The normalized spacial score (nSPS) is 13.0. The van der Waals surface area contributed by atoms with E-state index < -0.39 is 0 Å². The van der Waals surface area contributed by atoms with Crippen LogP contribution in [0.15, 0.2) is 54.7 Å². The molecule has 3 aromatic rings. The number of hydrogen-bond donors (Lipinski definition) is 3. The van der Waals surface area contributed by atoms with E-state index in [1.807, 2.05) is 36.4 Å². The third kappa shape index (κ3) is 3.26. The van der Waals surface area contributed by atoms with Crippen molar-refractivity contribution in [3.05, 3.63) is 65.3 Å². The average molecular weight is 338 g/mol. The third-order valence-corrected chi connectivity index (χ3v) is 4.07. The van der Waals surface area contributed by atoms with E-state index in [4.69, 9.17) is 11.6 Å². The molecule has 0 aliphatic carbocycles. The van der Waals surface area contributed by atoms with Crippen LogP contribution < -0.4 is 16.0 Å². The van der Waals surface area contributed by atoms with E-state index in [0.717, 1.165) is 30.0 Å². The Balaban J connectivity index is 1.77. The van der Waals surface area contributed by atoms with Gasteiger partial charge in [-0.1, -0.05) is 29.8 Å². The lowest BCUT2D eigenvalue weighted by Crippen LogP contribution is -2.07. The minimum absolute atomic E-state index is 0.472. The monoisotopic (exact) mass is 337 g/mol. The summed E-state index contributed by atoms with van der Waals surface area (Å²) in [6, 6.07) is 16.3. The Labute approximate surface area is 145 Å². The summed E-state index contributed by atoms with van der Waals surface area (Å²) >= 11 is 6.23. The number of nitrogens with one attached hydrogen (secondary N) is 3. The molecule has 0 saturated carbocycles. The average Bonchev–Trinajstić information content (AvgIpc) is 2.58. The van der Waals surface area contributed by atoms with Gasteiger partial charge < -0.3 is 16.0 Å². The van der Waals surface area contributed by atoms with Gasteiger partial charge in [0.25, 0.3) is 0 Å². The number of hydrogen-bond acceptors (Lipinski definition) is 5. The fraction of sp³-hybridized carbons (Fsp3) is 0.111. The fourth-order valence-electron chi connectivity index (χ4n) is 2.64. The summed E-state index contributed by atoms with van der Waals surface area (Å²) in [5.74, 6) is 1.07. The van der Waals surface area contributed by atoms with Crippen LogP contribution in [0.1, 0.15) is 5.56 Å². The molecule has 0 fully saturated rings. The molecule has 3 N–H and O–H groups in total. The molecular formula is C18H16ClN5. The molecule has 6 heteroatoms. The van der Waals surface area contributed by atoms with Crippen molar-refractivity contribution < 1.29 is 0 Å². The van der Waals surface area contributed by atoms with Crippen LogP contribution in [0.3, 0.4) is 0 Å². The Morgan fingerprint density at radius 2 is 1.71 bits per heavy atom. The Bertz CT molecular complexity index is 881. The van der Waals surface area contributed by atoms with Crippen molar-refractivity contribution in [2.45, 2.75) is 6.42 Å². The third-order valence-electron chi connectivity index (χ3n) is 3.80. The smallest absolute Gasteiger partial charge is 0.229 e. The molecule has 2 aromatic carbocycles. The number of aromatic nitrogens is 2. The number of nitrogens with zero attached hydrogens (tertiary/aromatic N) is 2. The first-order valence-electron chi connectivity index (χ1n) is 7.76. The van der Waals surface area contributed by atoms with Gasteiger partial charge in [-0.15, -0.1) is 0 Å². The van der Waals surface area contributed by atoms with Gasteiger partial charge in [-0.2, -0.15) is 4.98 Å². The maximum atomic E-state index is 6.23. The molecule has 0 spiro atoms. The van der Waals surface area contributed by atoms with Gasteiger partial charge in [0.15, 0.2) is 5.82 Å². The summed E-state index contributed by atoms with van der Waals surface area (Å²) in [4.78, 5) is 8.74. The van der Waals surface area contributed by atoms with Crippen LogP contribution in [0.2, 0.25) is 5.02 Å². The van der Waals surface area contributed by atoms with E-state index in [1.165, 1.54) is 5.56 Å². The lowest BCUT2D eigenvalue weighted by molar-refractivity contribution is 1.02. The summed E-state index contributed by atoms with van der Waals surface area (Å²) < 4.78 is 0. The maximum Gasteiger partial charge on any atom is 0.229 e. The first-order valence-corrected chi connectivity index (χ1v) is 8.13. The van der Waals surface area contributed by atoms with Gasteiger partial charge in [-0.3, -0.25) is 0 Å². The van der Waals surface area contributed by atoms with Gasteiger partial charge in [0.1, 0.15) is 5.02 Å². The first-order chi connectivity index (χ1) is 11.8. The molecule has 0 saturated heterocycles. The van der Waals surface area contributed by atoms with E-state index in [-0.39, 0.29) is 0 Å². The van der Waals surface area contributed by atoms with Crippen LogP contribution in [0.5, 0.6) is 0 Å². The SMILES string of the molecule is Clc1cnc2nc1Nc1cccc(c1)NCCc1cccc(c1)N2. The molecule has 1 aliphatic heterocycles. The Morgan fingerprint density at radius 1 is 0.917 bits per heavy atom. The second-order valence-corrected chi connectivity index (χ2v) is 6.01. The van der Waals surface area contributed by atoms with Crippen molar-refractivity contribution in [1.29, 1.82) is 0 Å². The number of rotatable bonds is 0. The number of fused-ring (bicyclic) bond motifs is 6. The molecule has 0 atom stereocenters. The summed E-state index contributed by atoms with van der Waals surface area (Å²) in [6.07, 6.45) is 2.52. The molecular weight excluding hydrogens is 322 g/mol. The zero-order valence-electron chi connectivity index (χ0n) is 12.9. The highest BCUT2D eigenvalue weighted by molar-refractivity contribution is 6.32. The van der Waals surface area contributed by atoms with Crippen molar-refractivity contribution in [1.82, 2.24) is 9.97 Å². The molecule has 1 aromatic heterocycles. The Morgan fingerprint density at radius 3 is 2.62 bits per heavy atom. The Hall–Kier alpha value is -2.79. The van der Waals surface area contributed by atoms with Crippen LogP contribution in [-0.2, 0) is 6.42 Å². The van der Waals surface area contributed by atoms with Crippen molar-refractivity contribution >= 4 is 40.4 Å². The zero-order valence-corrected chi connectivity index (χ0v) is 13.6. The first kappa shape index (κ1) is 14.8. The van der Waals surface area contributed by atoms with Crippen LogP contribution in [0.25, 0.3) is 0 Å². The number of halogens is 1. The molecule has 1 aliphatic rings. The molecule has 120 valence electrons. The molecule has 6 bridgehead atoms. The summed E-state index contributed by atoms with van der Waals surface area (Å²) in [7, 11) is 0. The maximum absolute atomic E-state index is 6.23. The highest BCUT2D eigenvalue weighted by atomic mass is 35.5. The minimum atomic E-state index is 0.472. The van der Waals surface area contributed by atoms with Crippen LogP contribution in [0.4, 0.5) is 28.8 Å². The standard InChI is InChI=1S/C18H16ClN5/c19-16-11-21-18-23-14-5-1-3-12(9-14)7-8-20-13-4-2-6-15(10-13)22-17(16)24-18/h1-6,9-11,20H,7-8H2,(H2,21,22,23,24). The van der Waals surface area contributed by atoms with Crippen molar-refractivity contribution in [2.75, 3.05) is 22.5 Å². The van der Waals surface area contributed by atoms with E-state index in [2.05, 4.69) is 38.1 Å². The molecule has 0 radical (unpaired) electrons. The highest BCUT2D eigenvalue weighted by Crippen LogP contribution is 2.26. The second-order valence-electron chi connectivity index (χ2n) is 5.60. The number of benzene rings is 2. The van der Waals surface area contributed by atoms with E-state index >= 15 is 0 Å². The van der Waals surface area contributed by atoms with Crippen LogP contribution >= 0.6 is 11.6 Å². The minimum Gasteiger partial charge on any atom is -0.385 e. The lowest BCUT2D eigenvalue weighted by atomic mass is 10.1. The predicted molar refractivity (Wildman–Crippen MR) is 98.7 cm³/mol. The topological polar surface area (TPSA) is 61.9 Å². The van der Waals surface area contributed by atoms with Gasteiger partial charge in [0, 0.05) is 23.6 Å². The predicted octanol–water partition coefficient (Wildman–Crippen LogP) is 4.59.